The largest absolute Gasteiger partial charge is 0.298 e. The first-order valence-electron chi connectivity index (χ1n) is 8.93. The molecule has 0 bridgehead atoms. The molecular weight excluding hydrogens is 246 g/mol. The maximum atomic E-state index is 12.6. The van der Waals surface area contributed by atoms with Crippen molar-refractivity contribution in [3.8, 4) is 0 Å². The monoisotopic (exact) mass is 281 g/mol. The van der Waals surface area contributed by atoms with Crippen molar-refractivity contribution in [1.29, 1.82) is 0 Å². The van der Waals surface area contributed by atoms with E-state index < -0.39 is 0 Å². The van der Waals surface area contributed by atoms with Crippen molar-refractivity contribution in [3.63, 3.8) is 0 Å². The van der Waals surface area contributed by atoms with Crippen LogP contribution in [0.1, 0.15) is 91.4 Å². The van der Waals surface area contributed by atoms with Crippen LogP contribution in [0.3, 0.4) is 0 Å². The minimum Gasteiger partial charge on any atom is -0.298 e. The molecule has 1 aliphatic rings. The zero-order valence-corrected chi connectivity index (χ0v) is 14.0. The molecule has 0 N–H and O–H groups in total. The molecule has 0 amide bonds. The fourth-order valence-electron chi connectivity index (χ4n) is 3.32. The Bertz CT molecular complexity index is 271. The first-order valence-corrected chi connectivity index (χ1v) is 8.93. The molecule has 0 aliphatic carbocycles. The normalized spacial score (nSPS) is 19.1. The van der Waals surface area contributed by atoms with Crippen molar-refractivity contribution in [2.45, 2.75) is 96.9 Å². The topological polar surface area (TPSA) is 20.3 Å². The van der Waals surface area contributed by atoms with Crippen LogP contribution < -0.4 is 0 Å². The van der Waals surface area contributed by atoms with Crippen molar-refractivity contribution in [2.75, 3.05) is 13.1 Å². The van der Waals surface area contributed by atoms with E-state index in [0.29, 0.717) is 5.78 Å². The first-order chi connectivity index (χ1) is 9.65. The van der Waals surface area contributed by atoms with E-state index >= 15 is 0 Å². The Hall–Kier alpha value is -0.370. The number of carbonyl (C=O) groups is 1. The van der Waals surface area contributed by atoms with Crippen LogP contribution in [0, 0.1) is 0 Å². The SMILES string of the molecule is CCCCCCCCCC(=O)C(C)(CC)N1CCCC1. The molecule has 0 saturated carbocycles. The van der Waals surface area contributed by atoms with Crippen molar-refractivity contribution in [3.05, 3.63) is 0 Å². The zero-order chi connectivity index (χ0) is 14.8. The highest BCUT2D eigenvalue weighted by molar-refractivity contribution is 5.87. The molecule has 1 saturated heterocycles. The summed E-state index contributed by atoms with van der Waals surface area (Å²) < 4.78 is 0. The molecule has 1 rings (SSSR count). The van der Waals surface area contributed by atoms with Gasteiger partial charge >= 0.3 is 0 Å². The highest BCUT2D eigenvalue weighted by Gasteiger charge is 2.37. The Morgan fingerprint density at radius 2 is 1.50 bits per heavy atom. The maximum absolute atomic E-state index is 12.6. The van der Waals surface area contributed by atoms with Crippen molar-refractivity contribution >= 4 is 5.78 Å². The fourth-order valence-corrected chi connectivity index (χ4v) is 3.32. The summed E-state index contributed by atoms with van der Waals surface area (Å²) in [5.74, 6) is 0.482. The number of hydrogen-bond donors (Lipinski definition) is 0. The van der Waals surface area contributed by atoms with Gasteiger partial charge in [0.25, 0.3) is 0 Å². The van der Waals surface area contributed by atoms with E-state index in [9.17, 15) is 4.79 Å². The van der Waals surface area contributed by atoms with Crippen LogP contribution in [0.15, 0.2) is 0 Å². The van der Waals surface area contributed by atoms with Crippen LogP contribution in [0.25, 0.3) is 0 Å². The standard InChI is InChI=1S/C18H35NO/c1-4-6-7-8-9-10-11-14-17(20)18(3,5-2)19-15-12-13-16-19/h4-16H2,1-3H3. The van der Waals surface area contributed by atoms with Crippen LogP contribution in [0.5, 0.6) is 0 Å². The smallest absolute Gasteiger partial charge is 0.152 e. The molecule has 20 heavy (non-hydrogen) atoms. The molecule has 1 fully saturated rings. The van der Waals surface area contributed by atoms with Gasteiger partial charge in [0, 0.05) is 6.42 Å². The molecule has 1 atom stereocenters. The van der Waals surface area contributed by atoms with Crippen LogP contribution in [0.2, 0.25) is 0 Å². The summed E-state index contributed by atoms with van der Waals surface area (Å²) >= 11 is 0. The van der Waals surface area contributed by atoms with Gasteiger partial charge in [0.05, 0.1) is 5.54 Å². The molecule has 0 radical (unpaired) electrons. The second-order valence-electron chi connectivity index (χ2n) is 6.62. The third-order valence-corrected chi connectivity index (χ3v) is 5.10. The number of hydrogen-bond acceptors (Lipinski definition) is 2. The van der Waals surface area contributed by atoms with Crippen LogP contribution in [-0.2, 0) is 4.79 Å². The Labute approximate surface area is 126 Å². The summed E-state index contributed by atoms with van der Waals surface area (Å²) in [7, 11) is 0. The van der Waals surface area contributed by atoms with Gasteiger partial charge in [0.1, 0.15) is 0 Å². The predicted octanol–water partition coefficient (Wildman–Crippen LogP) is 4.96. The number of Topliss-reactive ketones (excluding diaryl/α,β-unsaturated/α-hetero) is 1. The third-order valence-electron chi connectivity index (χ3n) is 5.10. The van der Waals surface area contributed by atoms with E-state index in [1.807, 2.05) is 0 Å². The second-order valence-corrected chi connectivity index (χ2v) is 6.62. The highest BCUT2D eigenvalue weighted by atomic mass is 16.1. The van der Waals surface area contributed by atoms with E-state index in [2.05, 4.69) is 25.7 Å². The molecule has 0 aromatic carbocycles. The van der Waals surface area contributed by atoms with Crippen molar-refractivity contribution < 1.29 is 4.79 Å². The molecule has 2 heteroatoms. The van der Waals surface area contributed by atoms with Crippen molar-refractivity contribution in [2.24, 2.45) is 0 Å². The number of nitrogens with zero attached hydrogens (tertiary/aromatic N) is 1. The number of ketones is 1. The van der Waals surface area contributed by atoms with Gasteiger partial charge in [-0.1, -0.05) is 52.4 Å². The second kappa shape index (κ2) is 9.55. The summed E-state index contributed by atoms with van der Waals surface area (Å²) in [4.78, 5) is 15.0. The minimum absolute atomic E-state index is 0.182. The molecule has 2 nitrogen and oxygen atoms in total. The first kappa shape index (κ1) is 17.7. The summed E-state index contributed by atoms with van der Waals surface area (Å²) in [6.07, 6.45) is 13.3. The summed E-state index contributed by atoms with van der Waals surface area (Å²) in [6, 6.07) is 0. The van der Waals surface area contributed by atoms with E-state index in [0.717, 1.165) is 32.4 Å². The Morgan fingerprint density at radius 1 is 0.950 bits per heavy atom. The predicted molar refractivity (Wildman–Crippen MR) is 87.1 cm³/mol. The number of carbonyl (C=O) groups excluding carboxylic acids is 1. The van der Waals surface area contributed by atoms with Gasteiger partial charge in [-0.3, -0.25) is 9.69 Å². The van der Waals surface area contributed by atoms with Gasteiger partial charge in [-0.25, -0.2) is 0 Å². The molecule has 1 heterocycles. The quantitative estimate of drug-likeness (QED) is 0.499. The van der Waals surface area contributed by atoms with E-state index in [1.165, 1.54) is 51.4 Å². The van der Waals surface area contributed by atoms with Gasteiger partial charge in [-0.05, 0) is 45.7 Å². The lowest BCUT2D eigenvalue weighted by Gasteiger charge is -2.36. The van der Waals surface area contributed by atoms with Crippen LogP contribution in [-0.4, -0.2) is 29.3 Å². The Morgan fingerprint density at radius 3 is 2.05 bits per heavy atom. The molecule has 1 aliphatic heterocycles. The average Bonchev–Trinajstić information content (AvgIpc) is 3.00. The third kappa shape index (κ3) is 5.20. The number of likely N-dealkylation sites (tertiary alicyclic amines) is 1. The fraction of sp³-hybridized carbons (Fsp3) is 0.944. The summed E-state index contributed by atoms with van der Waals surface area (Å²) in [5.41, 5.74) is -0.182. The number of rotatable bonds is 11. The lowest BCUT2D eigenvalue weighted by molar-refractivity contribution is -0.130. The van der Waals surface area contributed by atoms with Gasteiger partial charge < -0.3 is 0 Å². The maximum Gasteiger partial charge on any atom is 0.152 e. The van der Waals surface area contributed by atoms with Crippen LogP contribution >= 0.6 is 0 Å². The molecular formula is C18H35NO. The van der Waals surface area contributed by atoms with Crippen LogP contribution in [0.4, 0.5) is 0 Å². The molecule has 1 unspecified atom stereocenters. The van der Waals surface area contributed by atoms with Gasteiger partial charge in [-0.2, -0.15) is 0 Å². The summed E-state index contributed by atoms with van der Waals surface area (Å²) in [5, 5.41) is 0. The molecule has 118 valence electrons. The minimum atomic E-state index is -0.182. The number of unbranched alkanes of at least 4 members (excludes halogenated alkanes) is 6. The zero-order valence-electron chi connectivity index (χ0n) is 14.0. The average molecular weight is 281 g/mol. The van der Waals surface area contributed by atoms with Gasteiger partial charge in [-0.15, -0.1) is 0 Å². The Balaban J connectivity index is 2.22. The molecule has 0 aromatic heterocycles. The van der Waals surface area contributed by atoms with Crippen molar-refractivity contribution in [1.82, 2.24) is 4.90 Å². The molecule has 0 spiro atoms. The van der Waals surface area contributed by atoms with Gasteiger partial charge in [0.2, 0.25) is 0 Å². The van der Waals surface area contributed by atoms with E-state index in [-0.39, 0.29) is 5.54 Å². The summed E-state index contributed by atoms with van der Waals surface area (Å²) in [6.45, 7) is 8.83. The van der Waals surface area contributed by atoms with E-state index in [1.54, 1.807) is 0 Å². The van der Waals surface area contributed by atoms with E-state index in [4.69, 9.17) is 0 Å². The molecule has 0 aromatic rings. The van der Waals surface area contributed by atoms with Gasteiger partial charge in [0.15, 0.2) is 5.78 Å². The lowest BCUT2D eigenvalue weighted by Crippen LogP contribution is -2.50. The Kier molecular flexibility index (Phi) is 8.44. The highest BCUT2D eigenvalue weighted by Crippen LogP contribution is 2.27. The lowest BCUT2D eigenvalue weighted by atomic mass is 9.88.